The Labute approximate surface area is 141 Å². The second-order valence-electron chi connectivity index (χ2n) is 5.63. The van der Waals surface area contributed by atoms with Gasteiger partial charge in [0.2, 0.25) is 0 Å². The van der Waals surface area contributed by atoms with Crippen LogP contribution in [0, 0.1) is 0 Å². The molecule has 0 spiro atoms. The van der Waals surface area contributed by atoms with Crippen LogP contribution < -0.4 is 5.32 Å². The predicted octanol–water partition coefficient (Wildman–Crippen LogP) is 3.54. The molecule has 0 unspecified atom stereocenters. The van der Waals surface area contributed by atoms with Crippen molar-refractivity contribution < 1.29 is 31.3 Å². The third-order valence-electron chi connectivity index (χ3n) is 4.14. The van der Waals surface area contributed by atoms with E-state index < -0.39 is 49.8 Å². The van der Waals surface area contributed by atoms with E-state index in [2.05, 4.69) is 5.32 Å². The zero-order valence-corrected chi connectivity index (χ0v) is 12.1. The normalized spacial score (nSPS) is 30.3. The summed E-state index contributed by atoms with van der Waals surface area (Å²) in [5.41, 5.74) is -0.560. The number of nitrogens with zero attached hydrogens (tertiary/aromatic N) is 1. The van der Waals surface area contributed by atoms with Crippen LogP contribution in [0.2, 0.25) is 0 Å². The molecule has 1 fully saturated rings. The Morgan fingerprint density at radius 2 is 2.13 bits per heavy atom. The number of nitrogens with one attached hydrogen (secondary N) is 1. The second kappa shape index (κ2) is 6.78. The topological polar surface area (TPSA) is 52.6 Å². The standard InChI is InChI=1S/C16H21F3N2O2/c1-21(2)14-9-11(6-7-13(14)20-15(22)23)10-4-3-5-12(8-10)16(17,18)19/h3-5,8,11,13-14,20H,6-7,9H2,1-2H3,(H,22,23)/t11-,13-,14-/m0/s1/i1D3,2D3. The van der Waals surface area contributed by atoms with Crippen LogP contribution in [0.5, 0.6) is 0 Å². The van der Waals surface area contributed by atoms with Crippen LogP contribution >= 0.6 is 0 Å². The molecule has 0 heterocycles. The van der Waals surface area contributed by atoms with E-state index in [4.69, 9.17) is 13.3 Å². The summed E-state index contributed by atoms with van der Waals surface area (Å²) in [4.78, 5) is 11.4. The van der Waals surface area contributed by atoms with Gasteiger partial charge in [-0.15, -0.1) is 0 Å². The number of halogens is 3. The minimum absolute atomic E-state index is 0.0839. The van der Waals surface area contributed by atoms with Crippen LogP contribution in [0.25, 0.3) is 0 Å². The average molecular weight is 336 g/mol. The molecule has 1 aromatic rings. The van der Waals surface area contributed by atoms with E-state index in [1.807, 2.05) is 0 Å². The largest absolute Gasteiger partial charge is 0.465 e. The molecule has 2 rings (SSSR count). The first kappa shape index (κ1) is 10.9. The molecule has 0 bridgehead atoms. The van der Waals surface area contributed by atoms with Crippen molar-refractivity contribution in [3.63, 3.8) is 0 Å². The molecule has 0 radical (unpaired) electrons. The molecule has 1 aliphatic rings. The van der Waals surface area contributed by atoms with E-state index in [1.165, 1.54) is 12.1 Å². The Kier molecular flexibility index (Phi) is 3.22. The van der Waals surface area contributed by atoms with Crippen LogP contribution in [0.15, 0.2) is 24.3 Å². The average Bonchev–Trinajstić information content (AvgIpc) is 2.52. The van der Waals surface area contributed by atoms with Gasteiger partial charge in [-0.3, -0.25) is 0 Å². The number of carboxylic acid groups (broad SMARTS) is 1. The summed E-state index contributed by atoms with van der Waals surface area (Å²) in [5, 5.41) is 11.2. The number of carbonyl (C=O) groups is 1. The molecular formula is C16H21F3N2O2. The number of rotatable bonds is 3. The molecule has 4 nitrogen and oxygen atoms in total. The summed E-state index contributed by atoms with van der Waals surface area (Å²) < 4.78 is 84.8. The van der Waals surface area contributed by atoms with Crippen molar-refractivity contribution >= 4 is 6.09 Å². The molecular weight excluding hydrogens is 309 g/mol. The summed E-state index contributed by atoms with van der Waals surface area (Å²) in [5.74, 6) is -0.554. The van der Waals surface area contributed by atoms with Crippen LogP contribution in [0.3, 0.4) is 0 Å². The van der Waals surface area contributed by atoms with Gasteiger partial charge in [-0.25, -0.2) is 4.79 Å². The van der Waals surface area contributed by atoms with Gasteiger partial charge in [0, 0.05) is 20.3 Å². The maximum absolute atomic E-state index is 13.0. The van der Waals surface area contributed by atoms with Gasteiger partial charge in [-0.05, 0) is 50.8 Å². The van der Waals surface area contributed by atoms with Crippen molar-refractivity contribution in [1.29, 1.82) is 0 Å². The zero-order chi connectivity index (χ0) is 22.2. The molecule has 1 saturated carbocycles. The van der Waals surface area contributed by atoms with Crippen molar-refractivity contribution in [2.45, 2.75) is 43.4 Å². The third kappa shape index (κ3) is 4.37. The molecule has 1 amide bonds. The first-order chi connectivity index (χ1) is 13.1. The van der Waals surface area contributed by atoms with Gasteiger partial charge in [0.05, 0.1) is 5.56 Å². The van der Waals surface area contributed by atoms with Gasteiger partial charge in [0.1, 0.15) is 0 Å². The quantitative estimate of drug-likeness (QED) is 0.888. The van der Waals surface area contributed by atoms with E-state index in [0.29, 0.717) is 10.5 Å². The smallest absolute Gasteiger partial charge is 0.416 e. The summed E-state index contributed by atoms with van der Waals surface area (Å²) in [6, 6.07) is 2.34. The Morgan fingerprint density at radius 3 is 2.74 bits per heavy atom. The first-order valence-corrected chi connectivity index (χ1v) is 7.07. The lowest BCUT2D eigenvalue weighted by Crippen LogP contribution is -2.52. The Hall–Kier alpha value is -1.76. The maximum atomic E-state index is 13.0. The van der Waals surface area contributed by atoms with Crippen LogP contribution in [-0.4, -0.2) is 42.1 Å². The number of hydrogen-bond acceptors (Lipinski definition) is 2. The maximum Gasteiger partial charge on any atom is 0.416 e. The Bertz CT molecular complexity index is 725. The highest BCUT2D eigenvalue weighted by atomic mass is 19.4. The predicted molar refractivity (Wildman–Crippen MR) is 80.5 cm³/mol. The van der Waals surface area contributed by atoms with Crippen molar-refractivity contribution in [2.75, 3.05) is 14.0 Å². The fraction of sp³-hybridized carbons (Fsp3) is 0.562. The van der Waals surface area contributed by atoms with E-state index in [1.54, 1.807) is 0 Å². The molecule has 2 N–H and O–H groups in total. The minimum atomic E-state index is -4.55. The van der Waals surface area contributed by atoms with Crippen LogP contribution in [-0.2, 0) is 6.18 Å². The summed E-state index contributed by atoms with van der Waals surface area (Å²) >= 11 is 0. The molecule has 128 valence electrons. The van der Waals surface area contributed by atoms with Gasteiger partial charge in [0.25, 0.3) is 0 Å². The van der Waals surface area contributed by atoms with E-state index >= 15 is 0 Å². The summed E-state index contributed by atoms with van der Waals surface area (Å²) in [7, 11) is 0. The molecule has 0 saturated heterocycles. The highest BCUT2D eigenvalue weighted by Crippen LogP contribution is 2.37. The van der Waals surface area contributed by atoms with Crippen LogP contribution in [0.1, 0.15) is 44.5 Å². The highest BCUT2D eigenvalue weighted by Gasteiger charge is 2.35. The number of alkyl halides is 3. The Balaban J connectivity index is 2.41. The van der Waals surface area contributed by atoms with Gasteiger partial charge < -0.3 is 15.3 Å². The van der Waals surface area contributed by atoms with Crippen molar-refractivity contribution in [3.05, 3.63) is 35.4 Å². The number of amides is 1. The Morgan fingerprint density at radius 1 is 1.39 bits per heavy atom. The lowest BCUT2D eigenvalue weighted by Gasteiger charge is -2.40. The molecule has 0 aromatic heterocycles. The second-order valence-corrected chi connectivity index (χ2v) is 5.63. The van der Waals surface area contributed by atoms with Gasteiger partial charge >= 0.3 is 12.3 Å². The molecule has 1 aromatic carbocycles. The number of likely N-dealkylation sites (N-methyl/N-ethyl adjacent to an activating group) is 1. The van der Waals surface area contributed by atoms with Crippen molar-refractivity contribution in [1.82, 2.24) is 10.2 Å². The van der Waals surface area contributed by atoms with E-state index in [9.17, 15) is 18.0 Å². The fourth-order valence-corrected chi connectivity index (χ4v) is 3.03. The van der Waals surface area contributed by atoms with Crippen molar-refractivity contribution in [2.24, 2.45) is 0 Å². The number of benzene rings is 1. The highest BCUT2D eigenvalue weighted by molar-refractivity contribution is 5.65. The number of hydrogen-bond donors (Lipinski definition) is 2. The summed E-state index contributed by atoms with van der Waals surface area (Å²) in [6.07, 6.45) is -5.75. The van der Waals surface area contributed by atoms with E-state index in [-0.39, 0.29) is 19.3 Å². The van der Waals surface area contributed by atoms with Gasteiger partial charge in [-0.2, -0.15) is 13.2 Å². The molecule has 7 heteroatoms. The fourth-order valence-electron chi connectivity index (χ4n) is 3.03. The van der Waals surface area contributed by atoms with Gasteiger partial charge in [0.15, 0.2) is 0 Å². The van der Waals surface area contributed by atoms with Crippen LogP contribution in [0.4, 0.5) is 18.0 Å². The zero-order valence-electron chi connectivity index (χ0n) is 18.1. The minimum Gasteiger partial charge on any atom is -0.465 e. The molecule has 23 heavy (non-hydrogen) atoms. The SMILES string of the molecule is [2H]C([2H])([2H])N([C@H]1C[C@@H](c2cccc(C(F)(F)F)c2)CC[C@@H]1NC(=O)O)C([2H])([2H])[2H]. The lowest BCUT2D eigenvalue weighted by molar-refractivity contribution is -0.137. The lowest BCUT2D eigenvalue weighted by atomic mass is 9.78. The first-order valence-electron chi connectivity index (χ1n) is 10.1. The monoisotopic (exact) mass is 336 g/mol. The molecule has 3 atom stereocenters. The van der Waals surface area contributed by atoms with Crippen molar-refractivity contribution in [3.8, 4) is 0 Å². The third-order valence-corrected chi connectivity index (χ3v) is 4.14. The van der Waals surface area contributed by atoms with Gasteiger partial charge in [-0.1, -0.05) is 18.2 Å². The summed E-state index contributed by atoms with van der Waals surface area (Å²) in [6.45, 7) is -6.10. The molecule has 0 aliphatic heterocycles. The molecule has 1 aliphatic carbocycles. The van der Waals surface area contributed by atoms with E-state index in [0.717, 1.165) is 12.1 Å².